The van der Waals surface area contributed by atoms with Crippen LogP contribution in [0, 0.1) is 0 Å². The van der Waals surface area contributed by atoms with Gasteiger partial charge in [0.05, 0.1) is 22.7 Å². The Labute approximate surface area is 687 Å². The van der Waals surface area contributed by atoms with E-state index >= 15 is 38.4 Å². The predicted molar refractivity (Wildman–Crippen MR) is 481 cm³/mol. The molecule has 12 heteroatoms. The third-order valence-corrected chi connectivity index (χ3v) is 26.2. The molecular formula is C106H94N4O8. The van der Waals surface area contributed by atoms with Gasteiger partial charge >= 0.3 is 0 Å². The number of unbranched alkanes of at least 4 members (excludes halogenated alkanes) is 10. The number of carbonyl (C=O) groups is 8. The Balaban J connectivity index is 0.641. The topological polar surface area (TPSA) is 150 Å². The van der Waals surface area contributed by atoms with E-state index in [0.29, 0.717) is 88.8 Å². The number of benzene rings is 15. The standard InChI is InChI=1S/C106H94N4O8/c1-11-13-15-17-19-21-25-63-55-88(62-33-37-66(38-34-62)108-101(113)81-49-41-73-77-45-53-85-96-86(54-46-78(92(77)96)74-42-50-82(102(108)114)94(81)90(73)74)106(118)110(105(85)117)98-69(59(7)8)29-24-30-70(98)60(9)10)64(26-22-20-18-16-14-12-2)56-87(63)61-31-35-65(36-32-61)107-99(111)79-47-39-71-75-43-51-83-95-84(52-44-76(91(75)95)72-40-48-80(100(107)112)93(79)89(71)72)104(116)109(103(83)115)97-67(57(3)4)27-23-28-68(97)58(5)6/h23-24,27-60H,11-22,25-26H2,1-10H3. The summed E-state index contributed by atoms with van der Waals surface area (Å²) in [6.45, 7) is 21.1. The maximum absolute atomic E-state index is 15.3. The average Bonchev–Trinajstić information content (AvgIpc) is 0.691. The Morgan fingerprint density at radius 3 is 0.678 bits per heavy atom. The van der Waals surface area contributed by atoms with Gasteiger partial charge in [0.25, 0.3) is 47.3 Å². The molecule has 0 aliphatic carbocycles. The number of fused-ring (bicyclic) bond motifs is 4. The van der Waals surface area contributed by atoms with Crippen LogP contribution in [0.3, 0.4) is 0 Å². The van der Waals surface area contributed by atoms with Crippen molar-refractivity contribution < 1.29 is 38.4 Å². The fraction of sp³-hybridized carbons (Fsp3) is 0.264. The molecule has 0 spiro atoms. The average molecular weight is 1550 g/mol. The molecule has 0 radical (unpaired) electrons. The second-order valence-corrected chi connectivity index (χ2v) is 34.6. The molecule has 0 bridgehead atoms. The van der Waals surface area contributed by atoms with Gasteiger partial charge in [-0.3, -0.25) is 38.4 Å². The summed E-state index contributed by atoms with van der Waals surface area (Å²) in [6.07, 6.45) is 15.1. The first-order chi connectivity index (χ1) is 57.2. The van der Waals surface area contributed by atoms with Gasteiger partial charge < -0.3 is 0 Å². The van der Waals surface area contributed by atoms with Gasteiger partial charge in [0.1, 0.15) is 0 Å². The number of rotatable bonds is 24. The number of hydrogen-bond acceptors (Lipinski definition) is 8. The molecule has 12 nitrogen and oxygen atoms in total. The molecule has 19 rings (SSSR count). The molecule has 0 aromatic heterocycles. The number of hydrogen-bond donors (Lipinski definition) is 0. The van der Waals surface area contributed by atoms with E-state index in [1.165, 1.54) is 56.4 Å². The van der Waals surface area contributed by atoms with Gasteiger partial charge in [-0.15, -0.1) is 0 Å². The summed E-state index contributed by atoms with van der Waals surface area (Å²) in [4.78, 5) is 127. The highest BCUT2D eigenvalue weighted by Gasteiger charge is 2.43. The summed E-state index contributed by atoms with van der Waals surface area (Å²) < 4.78 is 0. The first kappa shape index (κ1) is 75.5. The Morgan fingerprint density at radius 2 is 0.449 bits per heavy atom. The zero-order valence-corrected chi connectivity index (χ0v) is 68.7. The van der Waals surface area contributed by atoms with E-state index in [0.717, 1.165) is 173 Å². The van der Waals surface area contributed by atoms with Crippen LogP contribution in [0.25, 0.3) is 108 Å². The largest absolute Gasteiger partial charge is 0.268 e. The van der Waals surface area contributed by atoms with Gasteiger partial charge in [-0.1, -0.05) is 255 Å². The monoisotopic (exact) mass is 1550 g/mol. The Bertz CT molecular complexity index is 6160. The van der Waals surface area contributed by atoms with E-state index < -0.39 is 23.6 Å². The van der Waals surface area contributed by atoms with Crippen LogP contribution in [0.2, 0.25) is 0 Å². The minimum atomic E-state index is -0.422. The summed E-state index contributed by atoms with van der Waals surface area (Å²) >= 11 is 0. The summed E-state index contributed by atoms with van der Waals surface area (Å²) in [5.74, 6) is -2.92. The molecule has 4 heterocycles. The zero-order chi connectivity index (χ0) is 81.7. The Kier molecular flexibility index (Phi) is 18.7. The second kappa shape index (κ2) is 29.3. The molecule has 15 aromatic carbocycles. The van der Waals surface area contributed by atoms with Crippen molar-refractivity contribution in [2.75, 3.05) is 19.6 Å². The molecular weight excluding hydrogens is 1460 g/mol. The summed E-state index contributed by atoms with van der Waals surface area (Å²) in [5.41, 5.74) is 15.9. The van der Waals surface area contributed by atoms with Crippen LogP contribution >= 0.6 is 0 Å². The second-order valence-electron chi connectivity index (χ2n) is 34.6. The van der Waals surface area contributed by atoms with Crippen LogP contribution in [0.4, 0.5) is 22.7 Å². The molecule has 0 atom stereocenters. The van der Waals surface area contributed by atoms with Gasteiger partial charge in [-0.05, 0) is 242 Å². The van der Waals surface area contributed by atoms with E-state index in [4.69, 9.17) is 0 Å². The lowest BCUT2D eigenvalue weighted by atomic mass is 9.81. The van der Waals surface area contributed by atoms with Crippen molar-refractivity contribution in [3.8, 4) is 22.3 Å². The first-order valence-electron chi connectivity index (χ1n) is 42.8. The van der Waals surface area contributed by atoms with Crippen LogP contribution in [-0.2, 0) is 12.8 Å². The third kappa shape index (κ3) is 11.5. The number of nitrogens with zero attached hydrogens (tertiary/aromatic N) is 4. The molecule has 586 valence electrons. The lowest BCUT2D eigenvalue weighted by Gasteiger charge is -2.33. The fourth-order valence-corrected chi connectivity index (χ4v) is 20.4. The third-order valence-electron chi connectivity index (χ3n) is 26.2. The van der Waals surface area contributed by atoms with Crippen molar-refractivity contribution in [3.63, 3.8) is 0 Å². The van der Waals surface area contributed by atoms with E-state index in [2.05, 4.69) is 81.4 Å². The number of imide groups is 4. The molecule has 0 saturated heterocycles. The van der Waals surface area contributed by atoms with Gasteiger partial charge in [-0.2, -0.15) is 0 Å². The quantitative estimate of drug-likeness (QED) is 0.0251. The van der Waals surface area contributed by atoms with Crippen molar-refractivity contribution in [1.82, 2.24) is 0 Å². The van der Waals surface area contributed by atoms with Crippen molar-refractivity contribution in [1.29, 1.82) is 0 Å². The van der Waals surface area contributed by atoms with Crippen molar-refractivity contribution >= 4 is 156 Å². The minimum absolute atomic E-state index is 0.0554. The molecule has 0 fully saturated rings. The van der Waals surface area contributed by atoms with Crippen LogP contribution in [0.15, 0.2) is 194 Å². The lowest BCUT2D eigenvalue weighted by Crippen LogP contribution is -2.41. The highest BCUT2D eigenvalue weighted by molar-refractivity contribution is 6.48. The Morgan fingerprint density at radius 1 is 0.229 bits per heavy atom. The summed E-state index contributed by atoms with van der Waals surface area (Å²) in [7, 11) is 0. The summed E-state index contributed by atoms with van der Waals surface area (Å²) in [5, 5.41) is 12.2. The Hall–Kier alpha value is -12.5. The fourth-order valence-electron chi connectivity index (χ4n) is 20.4. The van der Waals surface area contributed by atoms with Crippen molar-refractivity contribution in [2.45, 2.75) is 183 Å². The van der Waals surface area contributed by atoms with Crippen LogP contribution in [0.1, 0.15) is 286 Å². The number of amides is 8. The highest BCUT2D eigenvalue weighted by atomic mass is 16.2. The molecule has 15 aromatic rings. The molecule has 0 unspecified atom stereocenters. The van der Waals surface area contributed by atoms with E-state index in [-0.39, 0.29) is 47.3 Å². The zero-order valence-electron chi connectivity index (χ0n) is 68.7. The number of para-hydroxylation sites is 2. The van der Waals surface area contributed by atoms with Gasteiger partial charge in [0.15, 0.2) is 0 Å². The highest BCUT2D eigenvalue weighted by Crippen LogP contribution is 2.52. The predicted octanol–water partition coefficient (Wildman–Crippen LogP) is 26.6. The summed E-state index contributed by atoms with van der Waals surface area (Å²) in [6, 6.07) is 62.9. The number of anilines is 4. The van der Waals surface area contributed by atoms with Gasteiger partial charge in [-0.25, -0.2) is 19.6 Å². The van der Waals surface area contributed by atoms with Gasteiger partial charge in [0.2, 0.25) is 0 Å². The number of carbonyl (C=O) groups excluding carboxylic acids is 8. The van der Waals surface area contributed by atoms with Gasteiger partial charge in [0, 0.05) is 66.1 Å². The van der Waals surface area contributed by atoms with E-state index in [1.54, 1.807) is 0 Å². The molecule has 0 saturated carbocycles. The van der Waals surface area contributed by atoms with Crippen LogP contribution < -0.4 is 19.6 Å². The first-order valence-corrected chi connectivity index (χ1v) is 42.8. The maximum Gasteiger partial charge on any atom is 0.266 e. The van der Waals surface area contributed by atoms with Crippen LogP contribution in [-0.4, -0.2) is 47.3 Å². The molecule has 118 heavy (non-hydrogen) atoms. The molecule has 8 amide bonds. The normalized spacial score (nSPS) is 14.4. The van der Waals surface area contributed by atoms with Crippen molar-refractivity contribution in [2.24, 2.45) is 0 Å². The van der Waals surface area contributed by atoms with E-state index in [9.17, 15) is 0 Å². The SMILES string of the molecule is CCCCCCCCc1cc(-c2ccc(N3C(=O)c4ccc5c6ccc7c8c(ccc(c9ccc(c4c59)C3=O)c86)C(=O)N(c3c(C(C)C)cccc3C(C)C)C7=O)cc2)c(CCCCCCCC)cc1-c1ccc(N2C(=O)c3ccc4c5ccc6c7c(ccc(c8ccc(c3c48)C2=O)c75)C(=O)N(c2c(C(C)C)cccc2C(C)C)C6=O)cc1. The van der Waals surface area contributed by atoms with E-state index in [1.807, 2.05) is 182 Å². The maximum atomic E-state index is 15.3. The smallest absolute Gasteiger partial charge is 0.266 e. The number of aryl methyl sites for hydroxylation is 2. The molecule has 4 aliphatic rings. The molecule has 0 N–H and O–H groups in total. The van der Waals surface area contributed by atoms with Crippen LogP contribution in [0.5, 0.6) is 0 Å². The van der Waals surface area contributed by atoms with Crippen molar-refractivity contribution in [3.05, 3.63) is 272 Å². The minimum Gasteiger partial charge on any atom is -0.268 e. The molecule has 4 aliphatic heterocycles. The lowest BCUT2D eigenvalue weighted by molar-refractivity contribution is 0.0877.